The third-order valence-electron chi connectivity index (χ3n) is 5.65. The van der Waals surface area contributed by atoms with Crippen molar-refractivity contribution in [3.63, 3.8) is 0 Å². The molecule has 2 aromatic rings. The molecule has 0 saturated carbocycles. The van der Waals surface area contributed by atoms with Gasteiger partial charge in [-0.3, -0.25) is 9.10 Å². The summed E-state index contributed by atoms with van der Waals surface area (Å²) in [5.74, 6) is -0.126. The summed E-state index contributed by atoms with van der Waals surface area (Å²) in [6, 6.07) is 14.0. The minimum absolute atomic E-state index is 0.126. The monoisotopic (exact) mass is 414 g/mol. The second kappa shape index (κ2) is 8.16. The molecule has 0 aliphatic carbocycles. The molecular formula is C22H26N2O4S. The Balaban J connectivity index is 1.54. The van der Waals surface area contributed by atoms with Crippen molar-refractivity contribution in [3.05, 3.63) is 59.7 Å². The number of ether oxygens (including phenoxy) is 1. The van der Waals surface area contributed by atoms with Crippen LogP contribution in [0.2, 0.25) is 0 Å². The molecule has 7 heteroatoms. The zero-order valence-corrected chi connectivity index (χ0v) is 17.4. The van der Waals surface area contributed by atoms with Crippen LogP contribution in [0.5, 0.6) is 0 Å². The third kappa shape index (κ3) is 3.89. The molecule has 0 radical (unpaired) electrons. The Kier molecular flexibility index (Phi) is 5.61. The number of nitrogens with zero attached hydrogens (tertiary/aromatic N) is 2. The number of carbonyl (C=O) groups excluding carboxylic acids is 1. The summed E-state index contributed by atoms with van der Waals surface area (Å²) in [4.78, 5) is 14.9. The normalized spacial score (nSPS) is 17.4. The van der Waals surface area contributed by atoms with Crippen LogP contribution in [0, 0.1) is 0 Å². The number of likely N-dealkylation sites (tertiary alicyclic amines) is 1. The van der Waals surface area contributed by atoms with E-state index in [4.69, 9.17) is 4.74 Å². The number of para-hydroxylation sites is 1. The Morgan fingerprint density at radius 1 is 1.07 bits per heavy atom. The van der Waals surface area contributed by atoms with Crippen molar-refractivity contribution in [3.8, 4) is 0 Å². The van der Waals surface area contributed by atoms with Gasteiger partial charge in [0, 0.05) is 31.8 Å². The molecule has 6 nitrogen and oxygen atoms in total. The van der Waals surface area contributed by atoms with Gasteiger partial charge in [-0.05, 0) is 56.0 Å². The Bertz CT molecular complexity index is 997. The number of sulfonamides is 1. The van der Waals surface area contributed by atoms with Crippen LogP contribution >= 0.6 is 0 Å². The highest BCUT2D eigenvalue weighted by atomic mass is 32.2. The van der Waals surface area contributed by atoms with Crippen LogP contribution in [0.15, 0.2) is 53.4 Å². The second-order valence-corrected chi connectivity index (χ2v) is 9.29. The molecule has 2 aliphatic rings. The smallest absolute Gasteiger partial charge is 0.264 e. The Morgan fingerprint density at radius 3 is 2.59 bits per heavy atom. The Hall–Kier alpha value is -2.38. The summed E-state index contributed by atoms with van der Waals surface area (Å²) in [7, 11) is -3.71. The number of hydrogen-bond acceptors (Lipinski definition) is 4. The SMILES string of the molecule is CCOC1CCN(C(=O)c2cccc(S(=O)(=O)N3CCc4ccccc43)c2)CC1. The van der Waals surface area contributed by atoms with E-state index in [-0.39, 0.29) is 16.9 Å². The fraction of sp³-hybridized carbons (Fsp3) is 0.409. The standard InChI is InChI=1S/C22H26N2O4S/c1-2-28-19-11-13-23(14-12-19)22(25)18-7-5-8-20(16-18)29(26,27)24-15-10-17-6-3-4-9-21(17)24/h3-9,16,19H,2,10-15H2,1H3. The van der Waals surface area contributed by atoms with Gasteiger partial charge in [0.15, 0.2) is 0 Å². The number of carbonyl (C=O) groups is 1. The predicted molar refractivity (Wildman–Crippen MR) is 112 cm³/mol. The van der Waals surface area contributed by atoms with E-state index in [0.717, 1.165) is 24.1 Å². The number of fused-ring (bicyclic) bond motifs is 1. The van der Waals surface area contributed by atoms with Gasteiger partial charge in [-0.25, -0.2) is 8.42 Å². The van der Waals surface area contributed by atoms with Crippen LogP contribution in [0.4, 0.5) is 5.69 Å². The molecule has 2 heterocycles. The number of hydrogen-bond donors (Lipinski definition) is 0. The first-order valence-corrected chi connectivity index (χ1v) is 11.6. The van der Waals surface area contributed by atoms with Crippen molar-refractivity contribution in [1.29, 1.82) is 0 Å². The molecule has 4 rings (SSSR count). The molecule has 2 aromatic carbocycles. The molecule has 0 unspecified atom stereocenters. The minimum atomic E-state index is -3.71. The molecule has 1 saturated heterocycles. The van der Waals surface area contributed by atoms with E-state index >= 15 is 0 Å². The van der Waals surface area contributed by atoms with E-state index in [9.17, 15) is 13.2 Å². The number of piperidine rings is 1. The molecule has 0 N–H and O–H groups in total. The lowest BCUT2D eigenvalue weighted by Gasteiger charge is -2.32. The van der Waals surface area contributed by atoms with Crippen molar-refractivity contribution < 1.29 is 17.9 Å². The quantitative estimate of drug-likeness (QED) is 0.754. The number of rotatable bonds is 5. The van der Waals surface area contributed by atoms with Crippen molar-refractivity contribution in [2.45, 2.75) is 37.2 Å². The maximum absolute atomic E-state index is 13.2. The Morgan fingerprint density at radius 2 is 1.83 bits per heavy atom. The molecule has 2 aliphatic heterocycles. The topological polar surface area (TPSA) is 66.9 Å². The number of amides is 1. The van der Waals surface area contributed by atoms with E-state index < -0.39 is 10.0 Å². The Labute approximate surface area is 172 Å². The van der Waals surface area contributed by atoms with Crippen LogP contribution in [0.3, 0.4) is 0 Å². The van der Waals surface area contributed by atoms with Crippen molar-refractivity contribution in [1.82, 2.24) is 4.90 Å². The molecule has 0 spiro atoms. The molecule has 154 valence electrons. The van der Waals surface area contributed by atoms with Gasteiger partial charge in [0.05, 0.1) is 16.7 Å². The highest BCUT2D eigenvalue weighted by molar-refractivity contribution is 7.92. The fourth-order valence-corrected chi connectivity index (χ4v) is 5.67. The summed E-state index contributed by atoms with van der Waals surface area (Å²) in [5, 5.41) is 0. The first-order valence-electron chi connectivity index (χ1n) is 10.1. The van der Waals surface area contributed by atoms with Crippen molar-refractivity contribution in [2.75, 3.05) is 30.5 Å². The lowest BCUT2D eigenvalue weighted by Crippen LogP contribution is -2.41. The van der Waals surface area contributed by atoms with Gasteiger partial charge in [0.25, 0.3) is 15.9 Å². The van der Waals surface area contributed by atoms with Crippen LogP contribution in [0.1, 0.15) is 35.7 Å². The average Bonchev–Trinajstić information content (AvgIpc) is 3.19. The predicted octanol–water partition coefficient (Wildman–Crippen LogP) is 3.08. The molecule has 0 atom stereocenters. The first-order chi connectivity index (χ1) is 14.0. The highest BCUT2D eigenvalue weighted by Gasteiger charge is 2.31. The molecule has 1 amide bonds. The number of anilines is 1. The van der Waals surface area contributed by atoms with E-state index in [0.29, 0.717) is 38.2 Å². The zero-order chi connectivity index (χ0) is 20.4. The molecule has 1 fully saturated rings. The first kappa shape index (κ1) is 19.9. The second-order valence-electron chi connectivity index (χ2n) is 7.43. The van der Waals surface area contributed by atoms with Gasteiger partial charge in [-0.15, -0.1) is 0 Å². The molecular weight excluding hydrogens is 388 g/mol. The summed E-state index contributed by atoms with van der Waals surface area (Å²) >= 11 is 0. The van der Waals surface area contributed by atoms with Crippen molar-refractivity contribution in [2.24, 2.45) is 0 Å². The fourth-order valence-electron chi connectivity index (χ4n) is 4.12. The van der Waals surface area contributed by atoms with Crippen LogP contribution in [-0.4, -0.2) is 51.6 Å². The maximum Gasteiger partial charge on any atom is 0.264 e. The van der Waals surface area contributed by atoms with Crippen LogP contribution in [-0.2, 0) is 21.2 Å². The van der Waals surface area contributed by atoms with E-state index in [1.807, 2.05) is 31.2 Å². The van der Waals surface area contributed by atoms with E-state index in [1.54, 1.807) is 23.1 Å². The van der Waals surface area contributed by atoms with Gasteiger partial charge in [0.2, 0.25) is 0 Å². The third-order valence-corrected chi connectivity index (χ3v) is 7.45. The number of benzene rings is 2. The lowest BCUT2D eigenvalue weighted by molar-refractivity contribution is 0.0146. The maximum atomic E-state index is 13.2. The molecule has 29 heavy (non-hydrogen) atoms. The van der Waals surface area contributed by atoms with E-state index in [2.05, 4.69) is 0 Å². The van der Waals surface area contributed by atoms with Gasteiger partial charge >= 0.3 is 0 Å². The summed E-state index contributed by atoms with van der Waals surface area (Å²) < 4.78 is 33.6. The van der Waals surface area contributed by atoms with Gasteiger partial charge in [-0.2, -0.15) is 0 Å². The lowest BCUT2D eigenvalue weighted by atomic mass is 10.1. The summed E-state index contributed by atoms with van der Waals surface area (Å²) in [6.45, 7) is 4.32. The van der Waals surface area contributed by atoms with Gasteiger partial charge in [-0.1, -0.05) is 24.3 Å². The van der Waals surface area contributed by atoms with Crippen molar-refractivity contribution >= 4 is 21.6 Å². The average molecular weight is 415 g/mol. The van der Waals surface area contributed by atoms with Gasteiger partial charge in [0.1, 0.15) is 0 Å². The molecule has 0 bridgehead atoms. The largest absolute Gasteiger partial charge is 0.378 e. The summed E-state index contributed by atoms with van der Waals surface area (Å²) in [5.41, 5.74) is 2.16. The summed E-state index contributed by atoms with van der Waals surface area (Å²) in [6.07, 6.45) is 2.51. The zero-order valence-electron chi connectivity index (χ0n) is 16.6. The minimum Gasteiger partial charge on any atom is -0.378 e. The van der Waals surface area contributed by atoms with E-state index in [1.165, 1.54) is 10.4 Å². The molecule has 0 aromatic heterocycles. The van der Waals surface area contributed by atoms with Gasteiger partial charge < -0.3 is 9.64 Å². The van der Waals surface area contributed by atoms with Crippen LogP contribution in [0.25, 0.3) is 0 Å². The van der Waals surface area contributed by atoms with Crippen LogP contribution < -0.4 is 4.31 Å². The highest BCUT2D eigenvalue weighted by Crippen LogP contribution is 2.33.